The number of nitrogens with zero attached hydrogens (tertiary/aromatic N) is 3. The first-order valence-electron chi connectivity index (χ1n) is 18.3. The molecule has 5 aromatic carbocycles. The van der Waals surface area contributed by atoms with Gasteiger partial charge in [-0.2, -0.15) is 9.97 Å². The first-order valence-corrected chi connectivity index (χ1v) is 9.66. The Morgan fingerprint density at radius 2 is 1.15 bits per heavy atom. The average molecular weight is 462 g/mol. The van der Waals surface area contributed by atoms with Crippen molar-refractivity contribution >= 4 is 33.1 Å². The van der Waals surface area contributed by atoms with Crippen LogP contribution in [0.5, 0.6) is 0 Å². The van der Waals surface area contributed by atoms with Gasteiger partial charge in [0.1, 0.15) is 0 Å². The summed E-state index contributed by atoms with van der Waals surface area (Å²) in [5.74, 6) is -1.09. The molecule has 0 aliphatic carbocycles. The number of aromatic nitrogens is 3. The van der Waals surface area contributed by atoms with E-state index in [0.29, 0.717) is 0 Å². The fourth-order valence-electron chi connectivity index (χ4n) is 3.05. The SMILES string of the molecule is [2H]c1c([2H])c([2H])c(-c2nc(Cl)nc(-c3c([2H])c([2H])c4c([2H])c(-c5c([2H])c([2H])c([2H])c6c([2H])c([2H])c([2H])c([2H])c56)c([2H])c([2H])c4c3[2H])n2)c([2H])c1[2H]. The highest BCUT2D eigenvalue weighted by atomic mass is 35.5. The van der Waals surface area contributed by atoms with Crippen molar-refractivity contribution in [1.82, 2.24) is 15.0 Å². The third-order valence-electron chi connectivity index (χ3n) is 4.49. The Balaban J connectivity index is 1.73. The number of hydrogen-bond donors (Lipinski definition) is 0. The molecular weight excluding hydrogens is 426 g/mol. The molecule has 3 nitrogen and oxygen atoms in total. The lowest BCUT2D eigenvalue weighted by Crippen LogP contribution is -1.97. The molecule has 1 heterocycles. The smallest absolute Gasteiger partial charge is 0.208 e. The largest absolute Gasteiger partial charge is 0.226 e. The van der Waals surface area contributed by atoms with Crippen molar-refractivity contribution in [3.05, 3.63) is 114 Å². The minimum atomic E-state index is -0.836. The molecule has 0 spiro atoms. The van der Waals surface area contributed by atoms with Crippen LogP contribution in [0.3, 0.4) is 0 Å². The number of fused-ring (bicyclic) bond motifs is 2. The molecule has 0 aliphatic heterocycles. The van der Waals surface area contributed by atoms with Crippen LogP contribution in [-0.2, 0) is 0 Å². The predicted molar refractivity (Wildman–Crippen MR) is 136 cm³/mol. The van der Waals surface area contributed by atoms with Crippen molar-refractivity contribution in [2.45, 2.75) is 0 Å². The lowest BCUT2D eigenvalue weighted by molar-refractivity contribution is 1.07. The molecule has 6 rings (SSSR count). The van der Waals surface area contributed by atoms with Crippen LogP contribution >= 0.6 is 11.6 Å². The zero-order valence-electron chi connectivity index (χ0n) is 34.2. The molecule has 0 aliphatic rings. The number of hydrogen-bond acceptors (Lipinski definition) is 3. The summed E-state index contributed by atoms with van der Waals surface area (Å²) in [7, 11) is 0. The van der Waals surface area contributed by atoms with Crippen molar-refractivity contribution in [2.24, 2.45) is 0 Å². The summed E-state index contributed by atoms with van der Waals surface area (Å²) in [5.41, 5.74) is -2.17. The van der Waals surface area contributed by atoms with Crippen molar-refractivity contribution in [3.63, 3.8) is 0 Å². The Bertz CT molecular complexity index is 2560. The van der Waals surface area contributed by atoms with E-state index in [4.69, 9.17) is 36.3 Å². The summed E-state index contributed by atoms with van der Waals surface area (Å²) < 4.78 is 153. The van der Waals surface area contributed by atoms with Gasteiger partial charge in [0.05, 0.1) is 24.7 Å². The minimum Gasteiger partial charge on any atom is -0.208 e. The van der Waals surface area contributed by atoms with Crippen LogP contribution in [0.15, 0.2) is 109 Å². The molecule has 0 saturated heterocycles. The number of benzene rings is 5. The van der Waals surface area contributed by atoms with E-state index in [2.05, 4.69) is 15.0 Å². The third-order valence-corrected chi connectivity index (χ3v) is 4.66. The van der Waals surface area contributed by atoms with Gasteiger partial charge in [0.25, 0.3) is 0 Å². The highest BCUT2D eigenvalue weighted by Crippen LogP contribution is 2.32. The van der Waals surface area contributed by atoms with Gasteiger partial charge in [0.2, 0.25) is 5.28 Å². The molecule has 0 amide bonds. The van der Waals surface area contributed by atoms with E-state index in [9.17, 15) is 0 Å². The Morgan fingerprint density at radius 1 is 0.515 bits per heavy atom. The van der Waals surface area contributed by atoms with E-state index in [1.165, 1.54) is 0 Å². The molecule has 6 aromatic rings. The summed E-state index contributed by atoms with van der Waals surface area (Å²) in [5, 5.41) is -2.57. The summed E-state index contributed by atoms with van der Waals surface area (Å²) in [6, 6.07) is -13.5. The first kappa shape index (κ1) is 8.36. The maximum Gasteiger partial charge on any atom is 0.226 e. The Kier molecular flexibility index (Phi) is 2.06. The van der Waals surface area contributed by atoms with Crippen LogP contribution in [-0.4, -0.2) is 15.0 Å². The standard InChI is InChI=1S/C29H18ClN3/c30-29-32-27(20-8-2-1-3-9-20)31-28(33-29)24-16-14-21-17-23(15-13-22(21)18-24)26-12-6-10-19-7-4-5-11-25(19)26/h1-18H/i1D,2D,3D,4D,5D,6D,7D,8D,9D,10D,11D,12D,13D,14D,15D,16D,17D,18D. The molecule has 156 valence electrons. The minimum absolute atomic E-state index is 0.465. The van der Waals surface area contributed by atoms with E-state index >= 15 is 0 Å². The van der Waals surface area contributed by atoms with Gasteiger partial charge in [-0.1, -0.05) is 96.7 Å². The Morgan fingerprint density at radius 3 is 1.97 bits per heavy atom. The molecule has 0 radical (unpaired) electrons. The van der Waals surface area contributed by atoms with Crippen molar-refractivity contribution in [2.75, 3.05) is 0 Å². The van der Waals surface area contributed by atoms with E-state index in [-0.39, 0.29) is 0 Å². The fourth-order valence-corrected chi connectivity index (χ4v) is 3.21. The quantitative estimate of drug-likeness (QED) is 0.269. The molecular formula is C29H18ClN3. The predicted octanol–water partition coefficient (Wildman–Crippen LogP) is 7.83. The van der Waals surface area contributed by atoms with Crippen LogP contribution in [0.25, 0.3) is 55.4 Å². The van der Waals surface area contributed by atoms with E-state index < -0.39 is 169 Å². The summed E-state index contributed by atoms with van der Waals surface area (Å²) in [6.45, 7) is 0. The summed E-state index contributed by atoms with van der Waals surface area (Å²) in [4.78, 5) is 11.9. The topological polar surface area (TPSA) is 38.7 Å². The molecule has 4 heteroatoms. The monoisotopic (exact) mass is 461 g/mol. The normalized spacial score (nSPS) is 18.8. The van der Waals surface area contributed by atoms with Gasteiger partial charge >= 0.3 is 0 Å². The van der Waals surface area contributed by atoms with E-state index in [1.807, 2.05) is 0 Å². The summed E-state index contributed by atoms with van der Waals surface area (Å²) >= 11 is 6.15. The number of halogens is 1. The fraction of sp³-hybridized carbons (Fsp3) is 0. The van der Waals surface area contributed by atoms with Crippen molar-refractivity contribution in [3.8, 4) is 33.9 Å². The van der Waals surface area contributed by atoms with Gasteiger partial charge in [-0.15, -0.1) is 0 Å². The Hall–Kier alpha value is -4.08. The molecule has 0 unspecified atom stereocenters. The first-order chi connectivity index (χ1) is 23.8. The second kappa shape index (κ2) is 8.12. The molecule has 33 heavy (non-hydrogen) atoms. The maximum absolute atomic E-state index is 9.10. The molecule has 0 fully saturated rings. The van der Waals surface area contributed by atoms with Gasteiger partial charge < -0.3 is 0 Å². The lowest BCUT2D eigenvalue weighted by atomic mass is 9.96. The van der Waals surface area contributed by atoms with Crippen LogP contribution < -0.4 is 0 Å². The van der Waals surface area contributed by atoms with Crippen molar-refractivity contribution in [1.29, 1.82) is 0 Å². The summed E-state index contributed by atoms with van der Waals surface area (Å²) in [6.07, 6.45) is 0. The number of rotatable bonds is 3. The molecule has 1 aromatic heterocycles. The zero-order chi connectivity index (χ0) is 37.9. The van der Waals surface area contributed by atoms with Crippen LogP contribution in [0.2, 0.25) is 5.28 Å². The van der Waals surface area contributed by atoms with Gasteiger partial charge in [-0.05, 0) is 56.4 Å². The van der Waals surface area contributed by atoms with Crippen LogP contribution in [0, 0.1) is 0 Å². The lowest BCUT2D eigenvalue weighted by Gasteiger charge is -2.09. The average Bonchev–Trinajstić information content (AvgIpc) is 3.08. The highest BCUT2D eigenvalue weighted by molar-refractivity contribution is 6.28. The van der Waals surface area contributed by atoms with E-state index in [1.54, 1.807) is 0 Å². The zero-order valence-corrected chi connectivity index (χ0v) is 17.0. The molecule has 0 saturated carbocycles. The van der Waals surface area contributed by atoms with Gasteiger partial charge in [-0.3, -0.25) is 0 Å². The van der Waals surface area contributed by atoms with Crippen molar-refractivity contribution < 1.29 is 24.7 Å². The Labute approximate surface area is 221 Å². The highest BCUT2D eigenvalue weighted by Gasteiger charge is 2.11. The second-order valence-electron chi connectivity index (χ2n) is 6.50. The maximum atomic E-state index is 9.10. The van der Waals surface area contributed by atoms with Gasteiger partial charge in [-0.25, -0.2) is 4.98 Å². The van der Waals surface area contributed by atoms with Gasteiger partial charge in [0.15, 0.2) is 11.6 Å². The molecule has 0 atom stereocenters. The van der Waals surface area contributed by atoms with Crippen LogP contribution in [0.1, 0.15) is 24.7 Å². The van der Waals surface area contributed by atoms with Gasteiger partial charge in [0, 0.05) is 11.1 Å². The molecule has 0 N–H and O–H groups in total. The second-order valence-corrected chi connectivity index (χ2v) is 6.84. The van der Waals surface area contributed by atoms with E-state index in [0.717, 1.165) is 0 Å². The van der Waals surface area contributed by atoms with Crippen LogP contribution in [0.4, 0.5) is 0 Å². The third kappa shape index (κ3) is 3.73. The molecule has 0 bridgehead atoms.